The van der Waals surface area contributed by atoms with Crippen molar-refractivity contribution in [2.45, 2.75) is 11.9 Å². The number of thioether (sulfide) groups is 1. The number of ether oxygens (including phenoxy) is 1. The van der Waals surface area contributed by atoms with Gasteiger partial charge in [0.15, 0.2) is 16.6 Å². The quantitative estimate of drug-likeness (QED) is 0.319. The molecule has 2 aliphatic heterocycles. The Labute approximate surface area is 226 Å². The van der Waals surface area contributed by atoms with Gasteiger partial charge in [0.1, 0.15) is 0 Å². The van der Waals surface area contributed by atoms with Gasteiger partial charge in [0.05, 0.1) is 34.5 Å². The molecule has 1 fully saturated rings. The van der Waals surface area contributed by atoms with Crippen LogP contribution in [0.3, 0.4) is 0 Å². The molecule has 0 saturated carbocycles. The van der Waals surface area contributed by atoms with Crippen LogP contribution in [-0.4, -0.2) is 39.6 Å². The number of methoxy groups -OCH3 is 1. The predicted octanol–water partition coefficient (Wildman–Crippen LogP) is 6.38. The number of hydrogen-bond acceptors (Lipinski definition) is 8. The lowest BCUT2D eigenvalue weighted by atomic mass is 10.0. The highest BCUT2D eigenvalue weighted by Gasteiger charge is 2.59. The van der Waals surface area contributed by atoms with Gasteiger partial charge >= 0.3 is 0 Å². The minimum Gasteiger partial charge on any atom is -0.504 e. The van der Waals surface area contributed by atoms with Crippen molar-refractivity contribution in [1.82, 2.24) is 4.98 Å². The third-order valence-corrected chi connectivity index (χ3v) is 8.89. The van der Waals surface area contributed by atoms with Crippen molar-refractivity contribution in [3.05, 3.63) is 82.9 Å². The van der Waals surface area contributed by atoms with E-state index < -0.39 is 4.99 Å². The Balaban J connectivity index is 1.58. The molecule has 186 valence electrons. The molecule has 4 aromatic rings. The molecule has 0 radical (unpaired) electrons. The molecule has 1 amide bonds. The summed E-state index contributed by atoms with van der Waals surface area (Å²) in [6.45, 7) is 1.93. The van der Waals surface area contributed by atoms with Gasteiger partial charge in [-0.2, -0.15) is 5.10 Å². The summed E-state index contributed by atoms with van der Waals surface area (Å²) in [6.07, 6.45) is 1.98. The van der Waals surface area contributed by atoms with Crippen molar-refractivity contribution in [1.29, 1.82) is 0 Å². The lowest BCUT2D eigenvalue weighted by molar-refractivity contribution is -0.116. The zero-order valence-corrected chi connectivity index (χ0v) is 22.3. The number of anilines is 2. The Kier molecular flexibility index (Phi) is 5.86. The second kappa shape index (κ2) is 9.09. The molecule has 1 atom stereocenters. The third-order valence-electron chi connectivity index (χ3n) is 6.27. The number of para-hydroxylation sites is 1. The van der Waals surface area contributed by atoms with Crippen LogP contribution in [0.1, 0.15) is 12.5 Å². The van der Waals surface area contributed by atoms with Gasteiger partial charge < -0.3 is 9.84 Å². The number of aromatic hydroxyl groups is 1. The molecule has 37 heavy (non-hydrogen) atoms. The monoisotopic (exact) mass is 548 g/mol. The third kappa shape index (κ3) is 3.85. The number of carbonyl (C=O) groups is 1. The van der Waals surface area contributed by atoms with Gasteiger partial charge in [-0.25, -0.2) is 14.9 Å². The van der Waals surface area contributed by atoms with E-state index in [1.165, 1.54) is 30.2 Å². The van der Waals surface area contributed by atoms with Gasteiger partial charge in [-0.1, -0.05) is 59.0 Å². The van der Waals surface area contributed by atoms with E-state index in [0.29, 0.717) is 15.9 Å². The molecular formula is C27H21ClN4O3S2. The number of rotatable bonds is 4. The van der Waals surface area contributed by atoms with Crippen molar-refractivity contribution in [2.24, 2.45) is 5.10 Å². The number of nitrogens with zero attached hydrogens (tertiary/aromatic N) is 4. The standard InChI is InChI=1S/C27H21ClN4O3S2/c1-16-20(12-17-10-11-22(33)23(13-17)35-2)27(32(30-16)19-7-5-6-18(28)14-19)31(25(34)15-36-27)26-29-21-8-3-4-9-24(21)37-26/h3-14,33H,15H2,1-2H3/b20-12-. The molecule has 10 heteroatoms. The van der Waals surface area contributed by atoms with Crippen LogP contribution in [0.2, 0.25) is 5.02 Å². The molecule has 6 rings (SSSR count). The minimum atomic E-state index is -1.02. The van der Waals surface area contributed by atoms with Gasteiger partial charge in [-0.3, -0.25) is 4.79 Å². The SMILES string of the molecule is COc1cc(/C=C2/C(C)=NN(c3cccc(Cl)c3)C23SCC(=O)N3c2nc3ccccc3s2)ccc1O. The molecule has 1 saturated heterocycles. The summed E-state index contributed by atoms with van der Waals surface area (Å²) in [7, 11) is 1.51. The van der Waals surface area contributed by atoms with Crippen LogP contribution >= 0.6 is 34.7 Å². The number of amides is 1. The average Bonchev–Trinajstić information content (AvgIpc) is 3.54. The summed E-state index contributed by atoms with van der Waals surface area (Å²) in [6, 6.07) is 20.4. The van der Waals surface area contributed by atoms with Crippen LogP contribution < -0.4 is 14.6 Å². The minimum absolute atomic E-state index is 0.0539. The fraction of sp³-hybridized carbons (Fsp3) is 0.148. The first-order valence-electron chi connectivity index (χ1n) is 11.4. The molecule has 1 aromatic heterocycles. The van der Waals surface area contributed by atoms with E-state index in [4.69, 9.17) is 26.4 Å². The van der Waals surface area contributed by atoms with Crippen LogP contribution in [0, 0.1) is 0 Å². The summed E-state index contributed by atoms with van der Waals surface area (Å²) >= 11 is 9.34. The zero-order valence-electron chi connectivity index (χ0n) is 19.9. The summed E-state index contributed by atoms with van der Waals surface area (Å²) < 4.78 is 6.32. The molecule has 0 bridgehead atoms. The largest absolute Gasteiger partial charge is 0.504 e. The van der Waals surface area contributed by atoms with Crippen LogP contribution in [0.25, 0.3) is 16.3 Å². The highest BCUT2D eigenvalue weighted by Crippen LogP contribution is 2.54. The highest BCUT2D eigenvalue weighted by atomic mass is 35.5. The van der Waals surface area contributed by atoms with Crippen LogP contribution in [-0.2, 0) is 4.79 Å². The Morgan fingerprint density at radius 2 is 1.97 bits per heavy atom. The maximum atomic E-state index is 13.6. The average molecular weight is 549 g/mol. The first kappa shape index (κ1) is 23.8. The van der Waals surface area contributed by atoms with E-state index in [2.05, 4.69) is 0 Å². The number of benzene rings is 3. The van der Waals surface area contributed by atoms with Crippen LogP contribution in [0.15, 0.2) is 77.4 Å². The van der Waals surface area contributed by atoms with Gasteiger partial charge in [0.25, 0.3) is 0 Å². The zero-order chi connectivity index (χ0) is 25.7. The normalized spacial score (nSPS) is 20.5. The van der Waals surface area contributed by atoms with E-state index in [-0.39, 0.29) is 17.4 Å². The first-order valence-corrected chi connectivity index (χ1v) is 13.6. The van der Waals surface area contributed by atoms with E-state index in [1.54, 1.807) is 23.1 Å². The fourth-order valence-corrected chi connectivity index (χ4v) is 7.29. The van der Waals surface area contributed by atoms with Gasteiger partial charge in [0.2, 0.25) is 10.9 Å². The molecule has 3 aromatic carbocycles. The Morgan fingerprint density at radius 3 is 2.76 bits per heavy atom. The van der Waals surface area contributed by atoms with Gasteiger partial charge in [-0.05, 0) is 61.0 Å². The Bertz CT molecular complexity index is 1590. The number of halogens is 1. The number of hydrogen-bond donors (Lipinski definition) is 1. The Morgan fingerprint density at radius 1 is 1.14 bits per heavy atom. The molecule has 0 aliphatic carbocycles. The summed E-state index contributed by atoms with van der Waals surface area (Å²) in [5, 5.41) is 18.1. The molecule has 1 spiro atoms. The second-order valence-corrected chi connectivity index (χ2v) is 11.1. The maximum Gasteiger partial charge on any atom is 0.241 e. The summed E-state index contributed by atoms with van der Waals surface area (Å²) in [4.78, 5) is 19.2. The van der Waals surface area contributed by atoms with E-state index >= 15 is 0 Å². The summed E-state index contributed by atoms with van der Waals surface area (Å²) in [5.74, 6) is 0.612. The Hall–Kier alpha value is -3.53. The number of carbonyl (C=O) groups excluding carboxylic acids is 1. The topological polar surface area (TPSA) is 78.3 Å². The van der Waals surface area contributed by atoms with Gasteiger partial charge in [-0.15, -0.1) is 0 Å². The van der Waals surface area contributed by atoms with Crippen LogP contribution in [0.5, 0.6) is 11.5 Å². The molecule has 7 nitrogen and oxygen atoms in total. The molecular weight excluding hydrogens is 528 g/mol. The van der Waals surface area contributed by atoms with Crippen molar-refractivity contribution >= 4 is 73.4 Å². The van der Waals surface area contributed by atoms with E-state index in [1.807, 2.05) is 66.5 Å². The smallest absolute Gasteiger partial charge is 0.241 e. The predicted molar refractivity (Wildman–Crippen MR) is 152 cm³/mol. The summed E-state index contributed by atoms with van der Waals surface area (Å²) in [5.41, 5.74) is 3.97. The fourth-order valence-electron chi connectivity index (χ4n) is 4.62. The van der Waals surface area contributed by atoms with E-state index in [0.717, 1.165) is 32.8 Å². The van der Waals surface area contributed by atoms with E-state index in [9.17, 15) is 9.90 Å². The van der Waals surface area contributed by atoms with Crippen molar-refractivity contribution in [3.8, 4) is 11.5 Å². The number of aromatic nitrogens is 1. The molecule has 2 aliphatic rings. The maximum absolute atomic E-state index is 13.6. The van der Waals surface area contributed by atoms with Crippen molar-refractivity contribution in [2.75, 3.05) is 22.8 Å². The molecule has 1 unspecified atom stereocenters. The lowest BCUT2D eigenvalue weighted by Gasteiger charge is -2.40. The highest BCUT2D eigenvalue weighted by molar-refractivity contribution is 8.02. The number of hydrazone groups is 1. The van der Waals surface area contributed by atoms with Gasteiger partial charge in [0, 0.05) is 10.6 Å². The second-order valence-electron chi connectivity index (χ2n) is 8.56. The lowest BCUT2D eigenvalue weighted by Crippen LogP contribution is -2.54. The van der Waals surface area contributed by atoms with Crippen LogP contribution in [0.4, 0.5) is 10.8 Å². The molecule has 1 N–H and O–H groups in total. The van der Waals surface area contributed by atoms with Crippen molar-refractivity contribution in [3.63, 3.8) is 0 Å². The number of thiazole rings is 1. The first-order chi connectivity index (χ1) is 17.9. The number of fused-ring (bicyclic) bond motifs is 1. The molecule has 3 heterocycles. The number of phenolic OH excluding ortho intramolecular Hbond substituents is 1. The number of phenols is 1. The van der Waals surface area contributed by atoms with Crippen molar-refractivity contribution < 1.29 is 14.6 Å².